The molecule has 0 rings (SSSR count). The van der Waals surface area contributed by atoms with Crippen molar-refractivity contribution in [2.75, 3.05) is 20.6 Å². The Bertz CT molecular complexity index is 92.1. The first kappa shape index (κ1) is 14.0. The standard InChI is InChI=1S/C8H19NO.Fe/c1-5-8(10,6-2)7-9(3)4;/h10H,5-7H2,1-4H3;. The molecule has 0 aromatic carbocycles. The predicted molar refractivity (Wildman–Crippen MR) is 44.1 cm³/mol. The average Bonchev–Trinajstić information content (AvgIpc) is 1.87. The number of aliphatic hydroxyl groups is 1. The molecule has 11 heavy (non-hydrogen) atoms. The second-order valence-corrected chi connectivity index (χ2v) is 3.17. The summed E-state index contributed by atoms with van der Waals surface area (Å²) in [6.07, 6.45) is 1.67. The second-order valence-electron chi connectivity index (χ2n) is 3.17. The zero-order valence-corrected chi connectivity index (χ0v) is 8.97. The Labute approximate surface area is 80.4 Å². The Morgan fingerprint density at radius 2 is 1.55 bits per heavy atom. The summed E-state index contributed by atoms with van der Waals surface area (Å²) in [6.45, 7) is 4.81. The van der Waals surface area contributed by atoms with Crippen LogP contribution in [-0.4, -0.2) is 36.2 Å². The number of hydrogen-bond donors (Lipinski definition) is 1. The number of nitrogens with zero attached hydrogens (tertiary/aromatic N) is 1. The van der Waals surface area contributed by atoms with Crippen molar-refractivity contribution in [2.45, 2.75) is 32.3 Å². The molecular formula is C8H19FeNO. The van der Waals surface area contributed by atoms with E-state index in [1.54, 1.807) is 0 Å². The molecule has 0 aromatic rings. The van der Waals surface area contributed by atoms with Crippen molar-refractivity contribution in [3.63, 3.8) is 0 Å². The Morgan fingerprint density at radius 3 is 1.64 bits per heavy atom. The normalized spacial score (nSPS) is 11.5. The molecule has 0 fully saturated rings. The maximum absolute atomic E-state index is 9.76. The molecule has 70 valence electrons. The first-order valence-corrected chi connectivity index (χ1v) is 3.91. The Hall–Kier alpha value is 0.439. The summed E-state index contributed by atoms with van der Waals surface area (Å²) in [5.41, 5.74) is -0.469. The fraction of sp³-hybridized carbons (Fsp3) is 1.00. The van der Waals surface area contributed by atoms with Crippen molar-refractivity contribution < 1.29 is 22.2 Å². The van der Waals surface area contributed by atoms with Gasteiger partial charge in [0, 0.05) is 23.6 Å². The van der Waals surface area contributed by atoms with Gasteiger partial charge in [0.15, 0.2) is 0 Å². The molecule has 0 aliphatic heterocycles. The summed E-state index contributed by atoms with van der Waals surface area (Å²) >= 11 is 0. The summed E-state index contributed by atoms with van der Waals surface area (Å²) in [7, 11) is 3.96. The van der Waals surface area contributed by atoms with Gasteiger partial charge in [-0.1, -0.05) is 13.8 Å². The monoisotopic (exact) mass is 201 g/mol. The average molecular weight is 201 g/mol. The number of rotatable bonds is 4. The molecule has 0 aliphatic carbocycles. The fourth-order valence-electron chi connectivity index (χ4n) is 1.06. The van der Waals surface area contributed by atoms with Gasteiger partial charge >= 0.3 is 0 Å². The van der Waals surface area contributed by atoms with Crippen molar-refractivity contribution in [2.24, 2.45) is 0 Å². The predicted octanol–water partition coefficient (Wildman–Crippen LogP) is 1.10. The summed E-state index contributed by atoms with van der Waals surface area (Å²) in [6, 6.07) is 0. The molecular weight excluding hydrogens is 182 g/mol. The zero-order chi connectivity index (χ0) is 8.20. The van der Waals surface area contributed by atoms with Crippen LogP contribution in [0.3, 0.4) is 0 Å². The van der Waals surface area contributed by atoms with Crippen molar-refractivity contribution in [3.05, 3.63) is 0 Å². The molecule has 0 aliphatic rings. The van der Waals surface area contributed by atoms with Crippen LogP contribution >= 0.6 is 0 Å². The Balaban J connectivity index is 0. The maximum atomic E-state index is 9.76. The molecule has 3 heteroatoms. The third kappa shape index (κ3) is 5.68. The Kier molecular flexibility index (Phi) is 7.65. The van der Waals surface area contributed by atoms with Gasteiger partial charge in [-0.25, -0.2) is 0 Å². The molecule has 0 amide bonds. The van der Waals surface area contributed by atoms with Crippen LogP contribution in [-0.2, 0) is 17.1 Å². The van der Waals surface area contributed by atoms with Crippen molar-refractivity contribution in [1.82, 2.24) is 4.90 Å². The van der Waals surface area contributed by atoms with Gasteiger partial charge in [-0.2, -0.15) is 0 Å². The van der Waals surface area contributed by atoms with Crippen LogP contribution in [0.25, 0.3) is 0 Å². The quantitative estimate of drug-likeness (QED) is 0.688. The van der Waals surface area contributed by atoms with Crippen LogP contribution in [0.4, 0.5) is 0 Å². The minimum absolute atomic E-state index is 0. The molecule has 0 aromatic heterocycles. The molecule has 1 N–H and O–H groups in total. The largest absolute Gasteiger partial charge is 0.389 e. The fourth-order valence-corrected chi connectivity index (χ4v) is 1.06. The Morgan fingerprint density at radius 1 is 1.18 bits per heavy atom. The first-order valence-electron chi connectivity index (χ1n) is 3.91. The molecule has 0 heterocycles. The van der Waals surface area contributed by atoms with Gasteiger partial charge in [-0.05, 0) is 26.9 Å². The SMILES string of the molecule is CCC(O)(CC)CN(C)C.[Fe]. The topological polar surface area (TPSA) is 23.5 Å². The van der Waals surface area contributed by atoms with E-state index >= 15 is 0 Å². The molecule has 0 spiro atoms. The van der Waals surface area contributed by atoms with Crippen molar-refractivity contribution in [3.8, 4) is 0 Å². The van der Waals surface area contributed by atoms with Gasteiger partial charge < -0.3 is 10.0 Å². The van der Waals surface area contributed by atoms with Crippen molar-refractivity contribution >= 4 is 0 Å². The van der Waals surface area contributed by atoms with E-state index in [4.69, 9.17) is 0 Å². The van der Waals surface area contributed by atoms with Crippen molar-refractivity contribution in [1.29, 1.82) is 0 Å². The van der Waals surface area contributed by atoms with Gasteiger partial charge in [-0.15, -0.1) is 0 Å². The smallest absolute Gasteiger partial charge is 0.0768 e. The van der Waals surface area contributed by atoms with E-state index < -0.39 is 5.60 Å². The summed E-state index contributed by atoms with van der Waals surface area (Å²) in [5.74, 6) is 0. The van der Waals surface area contributed by atoms with Crippen LogP contribution in [0.2, 0.25) is 0 Å². The van der Waals surface area contributed by atoms with Crippen LogP contribution in [0.1, 0.15) is 26.7 Å². The molecule has 0 saturated carbocycles. The van der Waals surface area contributed by atoms with E-state index in [1.807, 2.05) is 32.8 Å². The number of likely N-dealkylation sites (N-methyl/N-ethyl adjacent to an activating group) is 1. The molecule has 0 unspecified atom stereocenters. The third-order valence-electron chi connectivity index (χ3n) is 1.93. The third-order valence-corrected chi connectivity index (χ3v) is 1.93. The molecule has 0 saturated heterocycles. The van der Waals surface area contributed by atoms with E-state index in [2.05, 4.69) is 0 Å². The summed E-state index contributed by atoms with van der Waals surface area (Å²) in [4.78, 5) is 2.02. The van der Waals surface area contributed by atoms with E-state index in [0.29, 0.717) is 0 Å². The van der Waals surface area contributed by atoms with Gasteiger partial charge in [-0.3, -0.25) is 0 Å². The van der Waals surface area contributed by atoms with E-state index in [-0.39, 0.29) is 17.1 Å². The minimum Gasteiger partial charge on any atom is -0.389 e. The van der Waals surface area contributed by atoms with Gasteiger partial charge in [0.25, 0.3) is 0 Å². The van der Waals surface area contributed by atoms with Crippen LogP contribution in [0, 0.1) is 0 Å². The van der Waals surface area contributed by atoms with Gasteiger partial charge in [0.2, 0.25) is 0 Å². The molecule has 0 bridgehead atoms. The van der Waals surface area contributed by atoms with Crippen LogP contribution in [0.15, 0.2) is 0 Å². The minimum atomic E-state index is -0.469. The summed E-state index contributed by atoms with van der Waals surface area (Å²) < 4.78 is 0. The van der Waals surface area contributed by atoms with Gasteiger partial charge in [0.1, 0.15) is 0 Å². The first-order chi connectivity index (χ1) is 4.54. The van der Waals surface area contributed by atoms with Gasteiger partial charge in [0.05, 0.1) is 5.60 Å². The molecule has 2 nitrogen and oxygen atoms in total. The van der Waals surface area contributed by atoms with E-state index in [1.165, 1.54) is 0 Å². The molecule has 0 radical (unpaired) electrons. The summed E-state index contributed by atoms with van der Waals surface area (Å²) in [5, 5.41) is 9.76. The van der Waals surface area contributed by atoms with Crippen LogP contribution in [0.5, 0.6) is 0 Å². The van der Waals surface area contributed by atoms with Crippen LogP contribution < -0.4 is 0 Å². The van der Waals surface area contributed by atoms with E-state index in [9.17, 15) is 5.11 Å². The molecule has 0 atom stereocenters. The second kappa shape index (κ2) is 6.01. The zero-order valence-electron chi connectivity index (χ0n) is 7.87. The number of hydrogen-bond acceptors (Lipinski definition) is 2. The van der Waals surface area contributed by atoms with E-state index in [0.717, 1.165) is 19.4 Å². The maximum Gasteiger partial charge on any atom is 0.0768 e.